The van der Waals surface area contributed by atoms with Gasteiger partial charge in [-0.3, -0.25) is 4.79 Å². The Bertz CT molecular complexity index is 735. The normalized spacial score (nSPS) is 11.8. The van der Waals surface area contributed by atoms with Gasteiger partial charge >= 0.3 is 0 Å². The summed E-state index contributed by atoms with van der Waals surface area (Å²) in [6, 6.07) is 8.03. The number of carbonyl (C=O) groups is 1. The monoisotopic (exact) mass is 353 g/mol. The van der Waals surface area contributed by atoms with Gasteiger partial charge < -0.3 is 0 Å². The molecule has 1 unspecified atom stereocenters. The second-order valence-electron chi connectivity index (χ2n) is 4.19. The molecule has 0 amide bonds. The molecule has 2 nitrogen and oxygen atoms in total. The Morgan fingerprint density at radius 1 is 1.14 bits per heavy atom. The number of Topliss-reactive ketones (excluding diaryl/α,β-unsaturated/α-hetero) is 1. The average molecular weight is 354 g/mol. The van der Waals surface area contributed by atoms with Crippen LogP contribution in [0.15, 0.2) is 40.9 Å². The molecule has 0 radical (unpaired) electrons. The van der Waals surface area contributed by atoms with Gasteiger partial charge in [-0.05, 0) is 34.1 Å². The van der Waals surface area contributed by atoms with Crippen molar-refractivity contribution in [1.82, 2.24) is 0 Å². The molecular weight excluding hydrogens is 347 g/mol. The van der Waals surface area contributed by atoms with E-state index in [2.05, 4.69) is 15.9 Å². The molecule has 21 heavy (non-hydrogen) atoms. The molecule has 1 atom stereocenters. The van der Waals surface area contributed by atoms with Crippen LogP contribution in [0, 0.1) is 28.8 Å². The van der Waals surface area contributed by atoms with Crippen molar-refractivity contribution in [3.8, 4) is 6.07 Å². The van der Waals surface area contributed by atoms with Crippen LogP contribution in [0.1, 0.15) is 21.8 Å². The van der Waals surface area contributed by atoms with Gasteiger partial charge in [0.25, 0.3) is 0 Å². The van der Waals surface area contributed by atoms with E-state index < -0.39 is 29.2 Å². The van der Waals surface area contributed by atoms with Crippen molar-refractivity contribution in [2.24, 2.45) is 0 Å². The fraction of sp³-hybridized carbons (Fsp3) is 0.0667. The molecule has 0 saturated carbocycles. The van der Waals surface area contributed by atoms with Crippen LogP contribution < -0.4 is 0 Å². The highest BCUT2D eigenvalue weighted by molar-refractivity contribution is 9.10. The third-order valence-corrected chi connectivity index (χ3v) is 3.53. The summed E-state index contributed by atoms with van der Waals surface area (Å²) in [6.45, 7) is 0. The Morgan fingerprint density at radius 2 is 1.86 bits per heavy atom. The Morgan fingerprint density at radius 3 is 2.43 bits per heavy atom. The summed E-state index contributed by atoms with van der Waals surface area (Å²) in [5.41, 5.74) is -0.633. The lowest BCUT2D eigenvalue weighted by Crippen LogP contribution is -2.15. The number of nitriles is 1. The number of benzene rings is 2. The lowest BCUT2D eigenvalue weighted by atomic mass is 9.91. The van der Waals surface area contributed by atoms with Crippen molar-refractivity contribution < 1.29 is 18.0 Å². The Labute approximate surface area is 127 Å². The van der Waals surface area contributed by atoms with E-state index in [4.69, 9.17) is 5.26 Å². The third-order valence-electron chi connectivity index (χ3n) is 2.87. The lowest BCUT2D eigenvalue weighted by molar-refractivity contribution is 0.0972. The van der Waals surface area contributed by atoms with E-state index in [1.54, 1.807) is 6.07 Å². The summed E-state index contributed by atoms with van der Waals surface area (Å²) in [5, 5.41) is 9.12. The minimum atomic E-state index is -1.56. The van der Waals surface area contributed by atoms with Crippen molar-refractivity contribution in [3.63, 3.8) is 0 Å². The molecule has 2 aromatic carbocycles. The highest BCUT2D eigenvalue weighted by Gasteiger charge is 2.28. The molecule has 0 bridgehead atoms. The number of carbonyl (C=O) groups excluding carboxylic acids is 1. The van der Waals surface area contributed by atoms with Crippen LogP contribution in [0.5, 0.6) is 0 Å². The van der Waals surface area contributed by atoms with Gasteiger partial charge in [0.1, 0.15) is 23.4 Å². The summed E-state index contributed by atoms with van der Waals surface area (Å²) in [6.07, 6.45) is 0. The highest BCUT2D eigenvalue weighted by atomic mass is 79.9. The van der Waals surface area contributed by atoms with Gasteiger partial charge in [0, 0.05) is 16.1 Å². The molecule has 0 aliphatic heterocycles. The van der Waals surface area contributed by atoms with Crippen molar-refractivity contribution in [1.29, 1.82) is 5.26 Å². The zero-order valence-electron chi connectivity index (χ0n) is 10.4. The topological polar surface area (TPSA) is 40.9 Å². The first-order valence-electron chi connectivity index (χ1n) is 5.78. The van der Waals surface area contributed by atoms with Crippen molar-refractivity contribution in [2.45, 2.75) is 5.92 Å². The molecule has 0 fully saturated rings. The molecule has 0 heterocycles. The number of hydrogen-bond donors (Lipinski definition) is 0. The van der Waals surface area contributed by atoms with E-state index in [0.29, 0.717) is 6.07 Å². The Hall–Kier alpha value is -2.13. The largest absolute Gasteiger partial charge is 0.292 e. The molecule has 0 aliphatic rings. The van der Waals surface area contributed by atoms with Gasteiger partial charge in [-0.1, -0.05) is 12.1 Å². The van der Waals surface area contributed by atoms with Gasteiger partial charge in [0.15, 0.2) is 5.78 Å². The zero-order valence-corrected chi connectivity index (χ0v) is 12.0. The molecular formula is C15H7BrF3NO. The number of ketones is 1. The maximum absolute atomic E-state index is 13.8. The van der Waals surface area contributed by atoms with Crippen molar-refractivity contribution in [2.75, 3.05) is 0 Å². The van der Waals surface area contributed by atoms with E-state index >= 15 is 0 Å². The van der Waals surface area contributed by atoms with Crippen LogP contribution >= 0.6 is 15.9 Å². The first kappa shape index (κ1) is 15.3. The quantitative estimate of drug-likeness (QED) is 0.769. The SMILES string of the molecule is N#CC(C(=O)c1c(F)cccc1Br)c1ccc(F)cc1F. The first-order chi connectivity index (χ1) is 9.95. The average Bonchev–Trinajstić information content (AvgIpc) is 2.41. The third kappa shape index (κ3) is 2.98. The van der Waals surface area contributed by atoms with Crippen LogP contribution in [-0.2, 0) is 0 Å². The molecule has 2 aromatic rings. The van der Waals surface area contributed by atoms with E-state index in [9.17, 15) is 18.0 Å². The number of hydrogen-bond acceptors (Lipinski definition) is 2. The molecule has 6 heteroatoms. The molecule has 106 valence electrons. The second kappa shape index (κ2) is 6.10. The van der Waals surface area contributed by atoms with Crippen LogP contribution in [0.3, 0.4) is 0 Å². The van der Waals surface area contributed by atoms with Crippen LogP contribution in [-0.4, -0.2) is 5.78 Å². The standard InChI is InChI=1S/C15H7BrF3NO/c16-11-2-1-3-12(18)14(11)15(21)10(7-20)9-5-4-8(17)6-13(9)19/h1-6,10H. The van der Waals surface area contributed by atoms with Crippen LogP contribution in [0.25, 0.3) is 0 Å². The van der Waals surface area contributed by atoms with E-state index in [0.717, 1.165) is 18.2 Å². The maximum atomic E-state index is 13.8. The molecule has 0 aromatic heterocycles. The molecule has 0 N–H and O–H groups in total. The predicted octanol–water partition coefficient (Wildman–Crippen LogP) is 4.36. The van der Waals surface area contributed by atoms with E-state index in [-0.39, 0.29) is 15.6 Å². The summed E-state index contributed by atoms with van der Waals surface area (Å²) in [5.74, 6) is -5.13. The maximum Gasteiger partial charge on any atom is 0.188 e. The van der Waals surface area contributed by atoms with Gasteiger partial charge in [-0.15, -0.1) is 0 Å². The molecule has 0 saturated heterocycles. The summed E-state index contributed by atoms with van der Waals surface area (Å²) in [4.78, 5) is 12.3. The number of rotatable bonds is 3. The molecule has 0 spiro atoms. The fourth-order valence-corrected chi connectivity index (χ4v) is 2.42. The Kier molecular flexibility index (Phi) is 4.43. The second-order valence-corrected chi connectivity index (χ2v) is 5.04. The van der Waals surface area contributed by atoms with Gasteiger partial charge in [0.2, 0.25) is 0 Å². The van der Waals surface area contributed by atoms with Gasteiger partial charge in [-0.25, -0.2) is 13.2 Å². The van der Waals surface area contributed by atoms with Crippen LogP contribution in [0.4, 0.5) is 13.2 Å². The smallest absolute Gasteiger partial charge is 0.188 e. The number of nitrogens with zero attached hydrogens (tertiary/aromatic N) is 1. The predicted molar refractivity (Wildman–Crippen MR) is 73.1 cm³/mol. The molecule has 2 rings (SSSR count). The zero-order chi connectivity index (χ0) is 15.6. The van der Waals surface area contributed by atoms with Gasteiger partial charge in [0.05, 0.1) is 11.6 Å². The lowest BCUT2D eigenvalue weighted by Gasteiger charge is -2.11. The number of halogens is 4. The summed E-state index contributed by atoms with van der Waals surface area (Å²) >= 11 is 3.02. The van der Waals surface area contributed by atoms with Crippen molar-refractivity contribution >= 4 is 21.7 Å². The van der Waals surface area contributed by atoms with E-state index in [1.807, 2.05) is 0 Å². The van der Waals surface area contributed by atoms with Crippen LogP contribution in [0.2, 0.25) is 0 Å². The summed E-state index contributed by atoms with van der Waals surface area (Å²) in [7, 11) is 0. The van der Waals surface area contributed by atoms with Crippen molar-refractivity contribution in [3.05, 3.63) is 69.4 Å². The molecule has 0 aliphatic carbocycles. The summed E-state index contributed by atoms with van der Waals surface area (Å²) < 4.78 is 40.5. The minimum Gasteiger partial charge on any atom is -0.292 e. The fourth-order valence-electron chi connectivity index (χ4n) is 1.88. The van der Waals surface area contributed by atoms with Gasteiger partial charge in [-0.2, -0.15) is 5.26 Å². The minimum absolute atomic E-state index is 0.162. The van der Waals surface area contributed by atoms with E-state index in [1.165, 1.54) is 12.1 Å². The highest BCUT2D eigenvalue weighted by Crippen LogP contribution is 2.28. The Balaban J connectivity index is 2.52. The first-order valence-corrected chi connectivity index (χ1v) is 6.57.